The summed E-state index contributed by atoms with van der Waals surface area (Å²) < 4.78 is 3.26. The number of aromatic nitrogens is 4. The molecule has 6 nitrogen and oxygen atoms in total. The Hall–Kier alpha value is -2.76. The number of nitrogens with zero attached hydrogens (tertiary/aromatic N) is 5. The first kappa shape index (κ1) is 14.2. The first-order valence-electron chi connectivity index (χ1n) is 7.25. The molecule has 0 bridgehead atoms. The second-order valence-electron chi connectivity index (χ2n) is 5.09. The lowest BCUT2D eigenvalue weighted by atomic mass is 10.2. The quantitative estimate of drug-likeness (QED) is 0.694. The third kappa shape index (κ3) is 2.67. The van der Waals surface area contributed by atoms with Crippen LogP contribution in [-0.4, -0.2) is 25.4 Å². The van der Waals surface area contributed by atoms with E-state index < -0.39 is 0 Å². The van der Waals surface area contributed by atoms with E-state index in [4.69, 9.17) is 0 Å². The van der Waals surface area contributed by atoms with Crippen LogP contribution in [0, 0.1) is 6.92 Å². The number of hydrogen-bond acceptors (Lipinski definition) is 4. The second kappa shape index (κ2) is 5.93. The monoisotopic (exact) mass is 295 g/mol. The van der Waals surface area contributed by atoms with E-state index in [9.17, 15) is 4.79 Å². The molecule has 2 heterocycles. The Balaban J connectivity index is 2.04. The highest BCUT2D eigenvalue weighted by molar-refractivity contribution is 5.81. The molecule has 0 atom stereocenters. The summed E-state index contributed by atoms with van der Waals surface area (Å²) in [6, 6.07) is 9.75. The summed E-state index contributed by atoms with van der Waals surface area (Å²) in [5, 5.41) is 4.32. The van der Waals surface area contributed by atoms with E-state index >= 15 is 0 Å². The predicted octanol–water partition coefficient (Wildman–Crippen LogP) is 2.36. The van der Waals surface area contributed by atoms with E-state index in [1.54, 1.807) is 28.4 Å². The lowest BCUT2D eigenvalue weighted by Crippen LogP contribution is -2.24. The minimum absolute atomic E-state index is 0.0275. The summed E-state index contributed by atoms with van der Waals surface area (Å²) in [5.41, 5.74) is 1.59. The van der Waals surface area contributed by atoms with Crippen LogP contribution in [0.5, 0.6) is 0 Å². The summed E-state index contributed by atoms with van der Waals surface area (Å²) in [4.78, 5) is 20.9. The summed E-state index contributed by atoms with van der Waals surface area (Å²) >= 11 is 0. The zero-order valence-corrected chi connectivity index (χ0v) is 12.6. The largest absolute Gasteiger partial charge is 0.277 e. The molecule has 1 aromatic carbocycles. The molecular weight excluding hydrogens is 278 g/mol. The van der Waals surface area contributed by atoms with E-state index in [0.29, 0.717) is 23.8 Å². The smallest absolute Gasteiger partial charge is 0.270 e. The number of fused-ring (bicyclic) bond motifs is 1. The highest BCUT2D eigenvalue weighted by atomic mass is 16.1. The van der Waals surface area contributed by atoms with E-state index in [1.165, 1.54) is 0 Å². The summed E-state index contributed by atoms with van der Waals surface area (Å²) in [6.45, 7) is 4.42. The Morgan fingerprint density at radius 2 is 2.05 bits per heavy atom. The fraction of sp³-hybridized carbons (Fsp3) is 0.250. The molecule has 0 aliphatic rings. The Labute approximate surface area is 127 Å². The number of hydrogen-bond donors (Lipinski definition) is 0. The van der Waals surface area contributed by atoms with Gasteiger partial charge in [0.15, 0.2) is 0 Å². The zero-order chi connectivity index (χ0) is 15.5. The van der Waals surface area contributed by atoms with Gasteiger partial charge in [0.05, 0.1) is 0 Å². The maximum Gasteiger partial charge on any atom is 0.270 e. The van der Waals surface area contributed by atoms with Crippen LogP contribution in [0.2, 0.25) is 0 Å². The molecule has 22 heavy (non-hydrogen) atoms. The molecule has 3 rings (SSSR count). The Morgan fingerprint density at radius 3 is 2.77 bits per heavy atom. The Bertz CT molecular complexity index is 877. The van der Waals surface area contributed by atoms with Gasteiger partial charge in [0.2, 0.25) is 5.78 Å². The van der Waals surface area contributed by atoms with Crippen molar-refractivity contribution in [2.75, 3.05) is 0 Å². The van der Waals surface area contributed by atoms with Crippen LogP contribution in [0.25, 0.3) is 5.78 Å². The molecule has 0 N–H and O–H groups in total. The van der Waals surface area contributed by atoms with Gasteiger partial charge in [-0.3, -0.25) is 9.36 Å². The molecule has 2 aromatic heterocycles. The van der Waals surface area contributed by atoms with Gasteiger partial charge in [-0.05, 0) is 18.9 Å². The summed E-state index contributed by atoms with van der Waals surface area (Å²) in [6.07, 6.45) is 4.26. The van der Waals surface area contributed by atoms with Crippen LogP contribution in [0.1, 0.15) is 24.5 Å². The van der Waals surface area contributed by atoms with Gasteiger partial charge in [-0.15, -0.1) is 5.10 Å². The molecule has 0 spiro atoms. The first-order chi connectivity index (χ1) is 10.7. The lowest BCUT2D eigenvalue weighted by Gasteiger charge is -2.05. The minimum Gasteiger partial charge on any atom is -0.277 e. The normalized spacial score (nSPS) is 11.5. The van der Waals surface area contributed by atoms with Gasteiger partial charge in [-0.25, -0.2) is 9.51 Å². The van der Waals surface area contributed by atoms with E-state index in [-0.39, 0.29) is 5.56 Å². The maximum absolute atomic E-state index is 12.2. The van der Waals surface area contributed by atoms with Crippen molar-refractivity contribution in [3.05, 3.63) is 58.0 Å². The SMILES string of the molecule is CCCn1c(=O)c(C)cn2nc(/N=C/c3ccccc3)nc12. The van der Waals surface area contributed by atoms with Crippen LogP contribution < -0.4 is 5.56 Å². The molecule has 6 heteroatoms. The van der Waals surface area contributed by atoms with Gasteiger partial charge in [-0.2, -0.15) is 4.98 Å². The third-order valence-corrected chi connectivity index (χ3v) is 3.32. The Morgan fingerprint density at radius 1 is 1.27 bits per heavy atom. The number of aryl methyl sites for hydroxylation is 2. The average molecular weight is 295 g/mol. The van der Waals surface area contributed by atoms with Gasteiger partial charge in [0, 0.05) is 24.5 Å². The lowest BCUT2D eigenvalue weighted by molar-refractivity contribution is 0.646. The highest BCUT2D eigenvalue weighted by Crippen LogP contribution is 2.09. The fourth-order valence-corrected chi connectivity index (χ4v) is 2.27. The predicted molar refractivity (Wildman–Crippen MR) is 86.0 cm³/mol. The molecule has 0 fully saturated rings. The Kier molecular flexibility index (Phi) is 3.82. The molecular formula is C16H17N5O. The molecule has 0 radical (unpaired) electrons. The highest BCUT2D eigenvalue weighted by Gasteiger charge is 2.10. The first-order valence-corrected chi connectivity index (χ1v) is 7.25. The minimum atomic E-state index is -0.0275. The van der Waals surface area contributed by atoms with Crippen molar-refractivity contribution >= 4 is 17.9 Å². The van der Waals surface area contributed by atoms with E-state index in [0.717, 1.165) is 12.0 Å². The van der Waals surface area contributed by atoms with Crippen LogP contribution >= 0.6 is 0 Å². The van der Waals surface area contributed by atoms with Crippen LogP contribution in [-0.2, 0) is 6.54 Å². The van der Waals surface area contributed by atoms with Crippen molar-refractivity contribution < 1.29 is 0 Å². The molecule has 0 aliphatic carbocycles. The topological polar surface area (TPSA) is 64.5 Å². The second-order valence-corrected chi connectivity index (χ2v) is 5.09. The number of benzene rings is 1. The van der Waals surface area contributed by atoms with Crippen LogP contribution in [0.4, 0.5) is 5.95 Å². The molecule has 0 aliphatic heterocycles. The zero-order valence-electron chi connectivity index (χ0n) is 12.6. The maximum atomic E-state index is 12.2. The van der Waals surface area contributed by atoms with Crippen LogP contribution in [0.15, 0.2) is 46.3 Å². The van der Waals surface area contributed by atoms with Crippen LogP contribution in [0.3, 0.4) is 0 Å². The van der Waals surface area contributed by atoms with Crippen molar-refractivity contribution in [1.82, 2.24) is 19.2 Å². The number of aliphatic imine (C=N–C) groups is 1. The van der Waals surface area contributed by atoms with Gasteiger partial charge < -0.3 is 0 Å². The van der Waals surface area contributed by atoms with E-state index in [1.807, 2.05) is 37.3 Å². The average Bonchev–Trinajstić information content (AvgIpc) is 2.93. The van der Waals surface area contributed by atoms with Gasteiger partial charge >= 0.3 is 0 Å². The molecule has 0 saturated heterocycles. The standard InChI is InChI=1S/C16H17N5O/c1-3-9-20-14(22)12(2)11-21-16(20)18-15(19-21)17-10-13-7-5-4-6-8-13/h4-8,10-11H,3,9H2,1-2H3/b17-10+. The molecule has 0 unspecified atom stereocenters. The van der Waals surface area contributed by atoms with Crippen molar-refractivity contribution in [3.8, 4) is 0 Å². The summed E-state index contributed by atoms with van der Waals surface area (Å²) in [7, 11) is 0. The van der Waals surface area contributed by atoms with Gasteiger partial charge in [0.1, 0.15) is 0 Å². The number of rotatable bonds is 4. The molecule has 112 valence electrons. The van der Waals surface area contributed by atoms with Gasteiger partial charge in [0.25, 0.3) is 11.5 Å². The van der Waals surface area contributed by atoms with Crippen molar-refractivity contribution in [1.29, 1.82) is 0 Å². The molecule has 0 saturated carbocycles. The molecule has 3 aromatic rings. The van der Waals surface area contributed by atoms with Crippen molar-refractivity contribution in [2.45, 2.75) is 26.8 Å². The third-order valence-electron chi connectivity index (χ3n) is 3.32. The van der Waals surface area contributed by atoms with Crippen molar-refractivity contribution in [2.24, 2.45) is 4.99 Å². The van der Waals surface area contributed by atoms with Gasteiger partial charge in [-0.1, -0.05) is 37.3 Å². The van der Waals surface area contributed by atoms with Crippen molar-refractivity contribution in [3.63, 3.8) is 0 Å². The fourth-order valence-electron chi connectivity index (χ4n) is 2.27. The molecule has 0 amide bonds. The summed E-state index contributed by atoms with van der Waals surface area (Å²) in [5.74, 6) is 0.872. The van der Waals surface area contributed by atoms with E-state index in [2.05, 4.69) is 15.1 Å².